The van der Waals surface area contributed by atoms with Gasteiger partial charge in [0.25, 0.3) is 0 Å². The highest BCUT2D eigenvalue weighted by molar-refractivity contribution is 7.47. The number of hydrogen-bond acceptors (Lipinski definition) is 15. The van der Waals surface area contributed by atoms with Gasteiger partial charge in [0.1, 0.15) is 19.3 Å². The second-order valence-corrected chi connectivity index (χ2v) is 31.5. The van der Waals surface area contributed by atoms with E-state index in [4.69, 9.17) is 37.0 Å². The Morgan fingerprint density at radius 1 is 0.269 bits per heavy atom. The van der Waals surface area contributed by atoms with Crippen molar-refractivity contribution >= 4 is 39.5 Å². The van der Waals surface area contributed by atoms with Crippen LogP contribution in [-0.4, -0.2) is 96.7 Å². The van der Waals surface area contributed by atoms with Crippen LogP contribution in [0, 0.1) is 23.7 Å². The van der Waals surface area contributed by atoms with Gasteiger partial charge in [0.05, 0.1) is 26.4 Å². The minimum absolute atomic E-state index is 0.105. The molecule has 19 heteroatoms. The van der Waals surface area contributed by atoms with Gasteiger partial charge in [-0.05, 0) is 49.4 Å². The average molecular weight is 1370 g/mol. The molecule has 0 aromatic heterocycles. The predicted molar refractivity (Wildman–Crippen MR) is 377 cm³/mol. The molecule has 93 heavy (non-hydrogen) atoms. The van der Waals surface area contributed by atoms with E-state index in [2.05, 4.69) is 55.4 Å². The quantitative estimate of drug-likeness (QED) is 0.0222. The monoisotopic (exact) mass is 1370 g/mol. The lowest BCUT2D eigenvalue weighted by Crippen LogP contribution is -2.30. The molecule has 3 unspecified atom stereocenters. The van der Waals surface area contributed by atoms with Crippen molar-refractivity contribution in [1.29, 1.82) is 0 Å². The summed E-state index contributed by atoms with van der Waals surface area (Å²) in [5.41, 5.74) is 0. The van der Waals surface area contributed by atoms with Crippen molar-refractivity contribution in [2.75, 3.05) is 39.6 Å². The fourth-order valence-corrected chi connectivity index (χ4v) is 12.8. The van der Waals surface area contributed by atoms with Gasteiger partial charge < -0.3 is 33.8 Å². The zero-order valence-electron chi connectivity index (χ0n) is 60.9. The molecule has 0 aliphatic carbocycles. The first-order valence-electron chi connectivity index (χ1n) is 38.2. The third-order valence-electron chi connectivity index (χ3n) is 17.1. The lowest BCUT2D eigenvalue weighted by atomic mass is 10.0. The number of carbonyl (C=O) groups is 4. The molecular weight excluding hydrogens is 1220 g/mol. The molecular formula is C74H144O17P2. The zero-order valence-corrected chi connectivity index (χ0v) is 62.7. The second-order valence-electron chi connectivity index (χ2n) is 28.6. The van der Waals surface area contributed by atoms with Gasteiger partial charge in [-0.3, -0.25) is 37.3 Å². The summed E-state index contributed by atoms with van der Waals surface area (Å²) in [6.45, 7) is 14.1. The van der Waals surface area contributed by atoms with Gasteiger partial charge >= 0.3 is 39.5 Å². The van der Waals surface area contributed by atoms with E-state index in [1.807, 2.05) is 0 Å². The van der Waals surface area contributed by atoms with Crippen LogP contribution in [0.3, 0.4) is 0 Å². The predicted octanol–water partition coefficient (Wildman–Crippen LogP) is 21.3. The number of esters is 4. The van der Waals surface area contributed by atoms with E-state index in [0.717, 1.165) is 114 Å². The molecule has 0 spiro atoms. The van der Waals surface area contributed by atoms with Crippen molar-refractivity contribution in [2.45, 2.75) is 388 Å². The Labute approximate surface area is 568 Å². The number of phosphoric ester groups is 2. The van der Waals surface area contributed by atoms with Crippen LogP contribution >= 0.6 is 15.6 Å². The first-order chi connectivity index (χ1) is 44.6. The lowest BCUT2D eigenvalue weighted by molar-refractivity contribution is -0.161. The molecule has 17 nitrogen and oxygen atoms in total. The highest BCUT2D eigenvalue weighted by Crippen LogP contribution is 2.45. The number of rotatable bonds is 71. The molecule has 0 rings (SSSR count). The fraction of sp³-hybridized carbons (Fsp3) is 0.946. The standard InChI is InChI=1S/C74H144O17P2/c1-64(2)50-42-34-26-20-16-13-11-9-10-12-14-18-22-30-40-48-56-73(78)91-70(61-85-72(77)55-47-39-33-32-37-45-53-67(7)8)63-89-93(82,83)87-59-68(75)58-86-92(80,81)88-62-69(60-84-71(76)54-46-38-29-25-24-28-36-44-52-66(5)6)90-74(79)57-49-41-31-23-19-15-17-21-27-35-43-51-65(3)4/h64-70,75H,9-63H2,1-8H3,(H,80,81)(H,82,83)/t68?,69-,70-/m1/s1. The third kappa shape index (κ3) is 68.4. The number of phosphoric acid groups is 2. The number of hydrogen-bond donors (Lipinski definition) is 3. The Balaban J connectivity index is 5.20. The fourth-order valence-electron chi connectivity index (χ4n) is 11.2. The van der Waals surface area contributed by atoms with Crippen LogP contribution in [0.1, 0.15) is 370 Å². The van der Waals surface area contributed by atoms with Crippen LogP contribution in [0.5, 0.6) is 0 Å². The molecule has 0 aliphatic rings. The van der Waals surface area contributed by atoms with Crippen molar-refractivity contribution < 1.29 is 80.2 Å². The molecule has 5 atom stereocenters. The van der Waals surface area contributed by atoms with E-state index in [1.54, 1.807) is 0 Å². The van der Waals surface area contributed by atoms with Gasteiger partial charge in [-0.1, -0.05) is 319 Å². The Bertz CT molecular complexity index is 1830. The van der Waals surface area contributed by atoms with Crippen molar-refractivity contribution in [3.8, 4) is 0 Å². The largest absolute Gasteiger partial charge is 0.472 e. The van der Waals surface area contributed by atoms with Gasteiger partial charge in [0.15, 0.2) is 12.2 Å². The lowest BCUT2D eigenvalue weighted by Gasteiger charge is -2.21. The summed E-state index contributed by atoms with van der Waals surface area (Å²) in [7, 11) is -9.91. The van der Waals surface area contributed by atoms with Gasteiger partial charge in [0.2, 0.25) is 0 Å². The van der Waals surface area contributed by atoms with Crippen LogP contribution in [0.4, 0.5) is 0 Å². The maximum Gasteiger partial charge on any atom is 0.472 e. The minimum atomic E-state index is -4.95. The molecule has 0 aromatic rings. The Morgan fingerprint density at radius 3 is 0.667 bits per heavy atom. The Hall–Kier alpha value is -1.94. The average Bonchev–Trinajstić information content (AvgIpc) is 2.77. The normalized spacial score (nSPS) is 14.2. The van der Waals surface area contributed by atoms with Gasteiger partial charge in [-0.25, -0.2) is 9.13 Å². The van der Waals surface area contributed by atoms with Crippen molar-refractivity contribution in [3.63, 3.8) is 0 Å². The van der Waals surface area contributed by atoms with Crippen LogP contribution in [0.2, 0.25) is 0 Å². The van der Waals surface area contributed by atoms with Crippen LogP contribution in [0.15, 0.2) is 0 Å². The first kappa shape index (κ1) is 91.1. The van der Waals surface area contributed by atoms with E-state index in [9.17, 15) is 43.2 Å². The van der Waals surface area contributed by atoms with Crippen molar-refractivity contribution in [3.05, 3.63) is 0 Å². The van der Waals surface area contributed by atoms with Gasteiger partial charge in [-0.2, -0.15) is 0 Å². The molecule has 0 fully saturated rings. The summed E-state index contributed by atoms with van der Waals surface area (Å²) in [5, 5.41) is 10.6. The number of aliphatic hydroxyl groups is 1. The topological polar surface area (TPSA) is 237 Å². The summed E-state index contributed by atoms with van der Waals surface area (Å²) in [6, 6.07) is 0. The molecule has 3 N–H and O–H groups in total. The molecule has 0 radical (unpaired) electrons. The number of carbonyl (C=O) groups excluding carboxylic acids is 4. The molecule has 0 bridgehead atoms. The molecule has 0 heterocycles. The SMILES string of the molecule is CC(C)CCCCCCCCCCCCCCCCCCC(=O)O[C@H](COC(=O)CCCCCCCCC(C)C)COP(=O)(O)OCC(O)COP(=O)(O)OC[C@@H](COC(=O)CCCCCCCCCCC(C)C)OC(=O)CCCCCCCCCCCCCC(C)C. The zero-order chi connectivity index (χ0) is 68.9. The second kappa shape index (κ2) is 63.5. The molecule has 0 saturated carbocycles. The van der Waals surface area contributed by atoms with Crippen molar-refractivity contribution in [2.24, 2.45) is 23.7 Å². The van der Waals surface area contributed by atoms with E-state index < -0.39 is 97.5 Å². The van der Waals surface area contributed by atoms with Crippen molar-refractivity contribution in [1.82, 2.24) is 0 Å². The minimum Gasteiger partial charge on any atom is -0.462 e. The summed E-state index contributed by atoms with van der Waals surface area (Å²) >= 11 is 0. The summed E-state index contributed by atoms with van der Waals surface area (Å²) < 4.78 is 68.4. The van der Waals surface area contributed by atoms with E-state index in [-0.39, 0.29) is 25.7 Å². The molecule has 552 valence electrons. The van der Waals surface area contributed by atoms with E-state index in [1.165, 1.54) is 167 Å². The van der Waals surface area contributed by atoms with Gasteiger partial charge in [0, 0.05) is 25.7 Å². The van der Waals surface area contributed by atoms with Gasteiger partial charge in [-0.15, -0.1) is 0 Å². The molecule has 0 aromatic carbocycles. The number of ether oxygens (including phenoxy) is 4. The van der Waals surface area contributed by atoms with E-state index in [0.29, 0.717) is 31.6 Å². The van der Waals surface area contributed by atoms with E-state index >= 15 is 0 Å². The summed E-state index contributed by atoms with van der Waals surface area (Å²) in [4.78, 5) is 72.7. The smallest absolute Gasteiger partial charge is 0.462 e. The Kier molecular flexibility index (Phi) is 62.2. The summed E-state index contributed by atoms with van der Waals surface area (Å²) in [5.74, 6) is 0.854. The van der Waals surface area contributed by atoms with Crippen LogP contribution in [0.25, 0.3) is 0 Å². The molecule has 0 aliphatic heterocycles. The Morgan fingerprint density at radius 2 is 0.452 bits per heavy atom. The maximum atomic E-state index is 13.0. The number of aliphatic hydroxyl groups excluding tert-OH is 1. The highest BCUT2D eigenvalue weighted by Gasteiger charge is 2.30. The number of unbranched alkanes of at least 4 members (excludes halogenated alkanes) is 37. The first-order valence-corrected chi connectivity index (χ1v) is 41.2. The molecule has 0 saturated heterocycles. The van der Waals surface area contributed by atoms with Crippen LogP contribution in [-0.2, 0) is 65.4 Å². The molecule has 0 amide bonds. The highest BCUT2D eigenvalue weighted by atomic mass is 31.2. The maximum absolute atomic E-state index is 13.0. The third-order valence-corrected chi connectivity index (χ3v) is 19.0. The van der Waals surface area contributed by atoms with Crippen LogP contribution < -0.4 is 0 Å². The summed E-state index contributed by atoms with van der Waals surface area (Å²) in [6.07, 6.45) is 47.4.